The van der Waals surface area contributed by atoms with Crippen molar-refractivity contribution in [2.75, 3.05) is 24.7 Å². The first-order valence-corrected chi connectivity index (χ1v) is 9.69. The van der Waals surface area contributed by atoms with Crippen molar-refractivity contribution >= 4 is 35.3 Å². The van der Waals surface area contributed by atoms with E-state index in [2.05, 4.69) is 0 Å². The summed E-state index contributed by atoms with van der Waals surface area (Å²) in [6.45, 7) is 8.75. The Balaban J connectivity index is 2.25. The number of anilines is 1. The Labute approximate surface area is 163 Å². The highest BCUT2D eigenvalue weighted by Gasteiger charge is 2.31. The lowest BCUT2D eigenvalue weighted by Gasteiger charge is -2.19. The SMILES string of the molecule is CCOC(=O)/C=C\S/C=C(\C)N1CCn2c(C(C)=O)cc(C(=O)OCC)c21. The zero-order valence-corrected chi connectivity index (χ0v) is 16.8. The van der Waals surface area contributed by atoms with Crippen LogP contribution in [0.2, 0.25) is 0 Å². The third-order valence-electron chi connectivity index (χ3n) is 3.96. The van der Waals surface area contributed by atoms with Gasteiger partial charge < -0.3 is 18.9 Å². The lowest BCUT2D eigenvalue weighted by Crippen LogP contribution is -2.20. The lowest BCUT2D eigenvalue weighted by molar-refractivity contribution is -0.137. The van der Waals surface area contributed by atoms with Gasteiger partial charge in [0.25, 0.3) is 0 Å². The molecule has 0 radical (unpaired) electrons. The molecule has 146 valence electrons. The van der Waals surface area contributed by atoms with Crippen molar-refractivity contribution in [3.63, 3.8) is 0 Å². The minimum atomic E-state index is -0.441. The lowest BCUT2D eigenvalue weighted by atomic mass is 10.2. The number of fused-ring (bicyclic) bond motifs is 1. The van der Waals surface area contributed by atoms with Crippen LogP contribution in [0.4, 0.5) is 5.82 Å². The molecule has 1 aliphatic heterocycles. The van der Waals surface area contributed by atoms with Crippen LogP contribution in [0.1, 0.15) is 48.5 Å². The van der Waals surface area contributed by atoms with Gasteiger partial charge in [-0.25, -0.2) is 9.59 Å². The summed E-state index contributed by atoms with van der Waals surface area (Å²) >= 11 is 1.34. The first-order valence-electron chi connectivity index (χ1n) is 8.75. The van der Waals surface area contributed by atoms with Gasteiger partial charge in [0.05, 0.1) is 18.9 Å². The number of aromatic nitrogens is 1. The third-order valence-corrected chi connectivity index (χ3v) is 4.73. The Morgan fingerprint density at radius 1 is 1.15 bits per heavy atom. The predicted molar refractivity (Wildman–Crippen MR) is 105 cm³/mol. The van der Waals surface area contributed by atoms with Crippen molar-refractivity contribution < 1.29 is 23.9 Å². The van der Waals surface area contributed by atoms with Crippen LogP contribution in [0.3, 0.4) is 0 Å². The molecular weight excluding hydrogens is 368 g/mol. The fourth-order valence-electron chi connectivity index (χ4n) is 2.84. The summed E-state index contributed by atoms with van der Waals surface area (Å²) in [7, 11) is 0. The highest BCUT2D eigenvalue weighted by molar-refractivity contribution is 8.04. The second-order valence-corrected chi connectivity index (χ2v) is 6.58. The smallest absolute Gasteiger partial charge is 0.341 e. The molecule has 27 heavy (non-hydrogen) atoms. The Bertz CT molecular complexity index is 794. The van der Waals surface area contributed by atoms with E-state index >= 15 is 0 Å². The number of esters is 2. The molecule has 2 heterocycles. The number of ether oxygens (including phenoxy) is 2. The molecule has 1 aromatic heterocycles. The molecular formula is C19H24N2O5S. The fourth-order valence-corrected chi connectivity index (χ4v) is 3.44. The van der Waals surface area contributed by atoms with E-state index in [1.54, 1.807) is 25.3 Å². The summed E-state index contributed by atoms with van der Waals surface area (Å²) in [4.78, 5) is 37.6. The maximum Gasteiger partial charge on any atom is 0.341 e. The normalized spacial score (nSPS) is 13.8. The van der Waals surface area contributed by atoms with Crippen molar-refractivity contribution in [2.45, 2.75) is 34.2 Å². The average Bonchev–Trinajstić information content (AvgIpc) is 3.19. The van der Waals surface area contributed by atoms with Crippen LogP contribution >= 0.6 is 11.8 Å². The van der Waals surface area contributed by atoms with Crippen molar-refractivity contribution in [1.82, 2.24) is 4.57 Å². The van der Waals surface area contributed by atoms with E-state index < -0.39 is 5.97 Å². The largest absolute Gasteiger partial charge is 0.463 e. The molecule has 0 fully saturated rings. The van der Waals surface area contributed by atoms with Crippen molar-refractivity contribution in [3.05, 3.63) is 39.9 Å². The minimum absolute atomic E-state index is 0.0953. The van der Waals surface area contributed by atoms with E-state index in [4.69, 9.17) is 9.47 Å². The molecule has 0 aromatic carbocycles. The van der Waals surface area contributed by atoms with Crippen molar-refractivity contribution in [1.29, 1.82) is 0 Å². The molecule has 0 spiro atoms. The summed E-state index contributed by atoms with van der Waals surface area (Å²) in [5, 5.41) is 3.52. The molecule has 0 amide bonds. The summed E-state index contributed by atoms with van der Waals surface area (Å²) in [5.74, 6) is -0.255. The Kier molecular flexibility index (Phi) is 7.29. The van der Waals surface area contributed by atoms with Crippen LogP contribution in [0.25, 0.3) is 0 Å². The maximum absolute atomic E-state index is 12.3. The molecule has 8 heteroatoms. The minimum Gasteiger partial charge on any atom is -0.463 e. The number of nitrogens with zero attached hydrogens (tertiary/aromatic N) is 2. The standard InChI is InChI=1S/C19H24N2O5S/c1-5-25-17(23)7-10-27-12-13(3)20-8-9-21-16(14(4)22)11-15(18(20)21)19(24)26-6-2/h7,10-12H,5-6,8-9H2,1-4H3/b10-7-,13-12+. The average molecular weight is 392 g/mol. The van der Waals surface area contributed by atoms with Gasteiger partial charge in [0, 0.05) is 31.8 Å². The Morgan fingerprint density at radius 2 is 1.85 bits per heavy atom. The number of hydrogen-bond acceptors (Lipinski definition) is 7. The number of carbonyl (C=O) groups excluding carboxylic acids is 3. The summed E-state index contributed by atoms with van der Waals surface area (Å²) in [5.41, 5.74) is 1.78. The number of carbonyl (C=O) groups is 3. The molecule has 0 saturated carbocycles. The topological polar surface area (TPSA) is 77.8 Å². The monoisotopic (exact) mass is 392 g/mol. The van der Waals surface area contributed by atoms with E-state index in [1.807, 2.05) is 21.8 Å². The zero-order valence-electron chi connectivity index (χ0n) is 16.0. The third kappa shape index (κ3) is 4.82. The summed E-state index contributed by atoms with van der Waals surface area (Å²) in [6, 6.07) is 1.60. The molecule has 0 aliphatic carbocycles. The number of rotatable bonds is 8. The van der Waals surface area contributed by atoms with Gasteiger partial charge >= 0.3 is 11.9 Å². The van der Waals surface area contributed by atoms with Crippen LogP contribution in [-0.2, 0) is 20.8 Å². The van der Waals surface area contributed by atoms with Gasteiger partial charge in [-0.2, -0.15) is 0 Å². The van der Waals surface area contributed by atoms with E-state index in [0.29, 0.717) is 36.8 Å². The quantitative estimate of drug-likeness (QED) is 0.381. The fraction of sp³-hybridized carbons (Fsp3) is 0.421. The zero-order chi connectivity index (χ0) is 20.0. The second kappa shape index (κ2) is 9.45. The molecule has 0 saturated heterocycles. The maximum atomic E-state index is 12.3. The summed E-state index contributed by atoms with van der Waals surface area (Å²) < 4.78 is 11.8. The van der Waals surface area contributed by atoms with Crippen molar-refractivity contribution in [3.8, 4) is 0 Å². The highest BCUT2D eigenvalue weighted by Crippen LogP contribution is 2.34. The molecule has 7 nitrogen and oxygen atoms in total. The molecule has 0 N–H and O–H groups in total. The van der Waals surface area contributed by atoms with Crippen LogP contribution < -0.4 is 4.90 Å². The van der Waals surface area contributed by atoms with E-state index in [0.717, 1.165) is 5.70 Å². The number of Topliss-reactive ketones (excluding diaryl/α,β-unsaturated/α-hetero) is 1. The van der Waals surface area contributed by atoms with Crippen LogP contribution in [0.15, 0.2) is 28.7 Å². The number of allylic oxidation sites excluding steroid dienone is 1. The molecule has 1 aliphatic rings. The van der Waals surface area contributed by atoms with Gasteiger partial charge in [-0.1, -0.05) is 0 Å². The highest BCUT2D eigenvalue weighted by atomic mass is 32.2. The van der Waals surface area contributed by atoms with E-state index in [-0.39, 0.29) is 18.4 Å². The summed E-state index contributed by atoms with van der Waals surface area (Å²) in [6.07, 6.45) is 1.36. The van der Waals surface area contributed by atoms with Gasteiger partial charge in [-0.15, -0.1) is 11.8 Å². The van der Waals surface area contributed by atoms with Crippen LogP contribution in [0.5, 0.6) is 0 Å². The molecule has 2 rings (SSSR count). The first-order chi connectivity index (χ1) is 12.9. The molecule has 0 bridgehead atoms. The Hall–Kier alpha value is -2.48. The number of thioether (sulfide) groups is 1. The van der Waals surface area contributed by atoms with Crippen LogP contribution in [-0.4, -0.2) is 42.0 Å². The van der Waals surface area contributed by atoms with Crippen LogP contribution in [0, 0.1) is 0 Å². The Morgan fingerprint density at radius 3 is 2.48 bits per heavy atom. The molecule has 0 unspecified atom stereocenters. The van der Waals surface area contributed by atoms with Gasteiger partial charge in [-0.05, 0) is 37.7 Å². The van der Waals surface area contributed by atoms with Gasteiger partial charge in [0.15, 0.2) is 5.78 Å². The molecule has 0 atom stereocenters. The van der Waals surface area contributed by atoms with Gasteiger partial charge in [0.2, 0.25) is 0 Å². The first kappa shape index (κ1) is 20.8. The number of ketones is 1. The second-order valence-electron chi connectivity index (χ2n) is 5.80. The predicted octanol–water partition coefficient (Wildman–Crippen LogP) is 3.36. The molecule has 1 aromatic rings. The number of hydrogen-bond donors (Lipinski definition) is 0. The van der Waals surface area contributed by atoms with Gasteiger partial charge in [0.1, 0.15) is 11.4 Å². The van der Waals surface area contributed by atoms with E-state index in [9.17, 15) is 14.4 Å². The van der Waals surface area contributed by atoms with Gasteiger partial charge in [-0.3, -0.25) is 4.79 Å². The van der Waals surface area contributed by atoms with E-state index in [1.165, 1.54) is 24.8 Å². The van der Waals surface area contributed by atoms with Crippen molar-refractivity contribution in [2.24, 2.45) is 0 Å².